The van der Waals surface area contributed by atoms with Crippen LogP contribution in [0.15, 0.2) is 55.0 Å². The van der Waals surface area contributed by atoms with Crippen molar-refractivity contribution < 1.29 is 9.53 Å². The number of rotatable bonds is 5. The van der Waals surface area contributed by atoms with Crippen molar-refractivity contribution in [1.29, 1.82) is 0 Å². The van der Waals surface area contributed by atoms with E-state index in [2.05, 4.69) is 59.7 Å². The number of thiophene rings is 1. The van der Waals surface area contributed by atoms with Crippen molar-refractivity contribution in [2.75, 3.05) is 67.6 Å². The van der Waals surface area contributed by atoms with Crippen LogP contribution in [0.1, 0.15) is 10.5 Å². The van der Waals surface area contributed by atoms with Crippen LogP contribution in [0, 0.1) is 0 Å². The topological polar surface area (TPSA) is 95.5 Å². The zero-order valence-electron chi connectivity index (χ0n) is 19.8. The van der Waals surface area contributed by atoms with Crippen LogP contribution in [-0.2, 0) is 4.74 Å². The Morgan fingerprint density at radius 2 is 1.86 bits per heavy atom. The number of fused-ring (bicyclic) bond motifs is 1. The Hall–Kier alpha value is -3.60. The van der Waals surface area contributed by atoms with Crippen molar-refractivity contribution in [3.63, 3.8) is 0 Å². The second-order valence-corrected chi connectivity index (χ2v) is 9.87. The van der Waals surface area contributed by atoms with E-state index in [9.17, 15) is 4.79 Å². The molecule has 0 radical (unpaired) electrons. The van der Waals surface area contributed by atoms with Gasteiger partial charge in [-0.25, -0.2) is 9.97 Å². The maximum absolute atomic E-state index is 13.2. The summed E-state index contributed by atoms with van der Waals surface area (Å²) >= 11 is 1.63. The molecule has 10 heteroatoms. The lowest BCUT2D eigenvalue weighted by molar-refractivity contribution is 0.102. The third-order valence-corrected chi connectivity index (χ3v) is 7.60. The molecular weight excluding hydrogens is 474 g/mol. The van der Waals surface area contributed by atoms with Crippen LogP contribution >= 0.6 is 11.3 Å². The molecule has 6 rings (SSSR count). The fourth-order valence-electron chi connectivity index (χ4n) is 4.61. The Kier molecular flexibility index (Phi) is 6.46. The van der Waals surface area contributed by atoms with E-state index in [0.717, 1.165) is 73.1 Å². The second-order valence-electron chi connectivity index (χ2n) is 8.78. The van der Waals surface area contributed by atoms with Crippen LogP contribution in [0.3, 0.4) is 0 Å². The predicted molar refractivity (Wildman–Crippen MR) is 143 cm³/mol. The highest BCUT2D eigenvalue weighted by Crippen LogP contribution is 2.34. The first-order valence-electron chi connectivity index (χ1n) is 12.2. The van der Waals surface area contributed by atoms with Crippen LogP contribution in [0.4, 0.5) is 17.1 Å². The van der Waals surface area contributed by atoms with E-state index in [-0.39, 0.29) is 5.91 Å². The van der Waals surface area contributed by atoms with Crippen molar-refractivity contribution in [1.82, 2.24) is 20.3 Å². The maximum Gasteiger partial charge on any atom is 0.274 e. The van der Waals surface area contributed by atoms with Gasteiger partial charge in [0.25, 0.3) is 5.91 Å². The number of nitrogens with zero attached hydrogens (tertiary/aromatic N) is 5. The Bertz CT molecular complexity index is 1380. The van der Waals surface area contributed by atoms with Crippen molar-refractivity contribution >= 4 is 44.4 Å². The quantitative estimate of drug-likeness (QED) is 0.430. The van der Waals surface area contributed by atoms with E-state index in [0.29, 0.717) is 17.2 Å². The Balaban J connectivity index is 1.23. The lowest BCUT2D eigenvalue weighted by Gasteiger charge is -2.30. The average molecular weight is 502 g/mol. The molecule has 2 N–H and O–H groups in total. The summed E-state index contributed by atoms with van der Waals surface area (Å²) in [4.78, 5) is 32.0. The van der Waals surface area contributed by atoms with Crippen LogP contribution in [0.2, 0.25) is 0 Å². The molecule has 4 aromatic rings. The molecule has 36 heavy (non-hydrogen) atoms. The van der Waals surface area contributed by atoms with E-state index in [4.69, 9.17) is 4.74 Å². The highest BCUT2D eigenvalue weighted by atomic mass is 32.1. The zero-order valence-corrected chi connectivity index (χ0v) is 20.6. The summed E-state index contributed by atoms with van der Waals surface area (Å²) in [6.45, 7) is 6.89. The van der Waals surface area contributed by atoms with Crippen LogP contribution in [0.5, 0.6) is 0 Å². The summed E-state index contributed by atoms with van der Waals surface area (Å²) in [6, 6.07) is 12.2. The second kappa shape index (κ2) is 10.2. The number of amides is 1. The van der Waals surface area contributed by atoms with E-state index in [1.807, 2.05) is 6.07 Å². The summed E-state index contributed by atoms with van der Waals surface area (Å²) in [5.41, 5.74) is 3.17. The monoisotopic (exact) mass is 501 g/mol. The highest BCUT2D eigenvalue weighted by molar-refractivity contribution is 7.22. The van der Waals surface area contributed by atoms with E-state index in [1.165, 1.54) is 5.69 Å². The smallest absolute Gasteiger partial charge is 0.274 e. The van der Waals surface area contributed by atoms with Gasteiger partial charge >= 0.3 is 0 Å². The molecule has 1 aromatic carbocycles. The Morgan fingerprint density at radius 3 is 2.72 bits per heavy atom. The minimum Gasteiger partial charge on any atom is -0.378 e. The number of hydrogen-bond donors (Lipinski definition) is 2. The summed E-state index contributed by atoms with van der Waals surface area (Å²) in [5.74, 6) is 0.268. The number of ether oxygens (including phenoxy) is 1. The first kappa shape index (κ1) is 22.8. The number of hydrogen-bond acceptors (Lipinski definition) is 9. The summed E-state index contributed by atoms with van der Waals surface area (Å²) in [7, 11) is 0. The maximum atomic E-state index is 13.2. The normalized spacial score (nSPS) is 16.3. The van der Waals surface area contributed by atoms with Crippen molar-refractivity contribution in [3.8, 4) is 10.7 Å². The van der Waals surface area contributed by atoms with Crippen molar-refractivity contribution in [2.24, 2.45) is 0 Å². The molecule has 5 heterocycles. The molecule has 9 nitrogen and oxygen atoms in total. The number of anilines is 3. The fraction of sp³-hybridized carbons (Fsp3) is 0.308. The average Bonchev–Trinajstić information content (AvgIpc) is 3.38. The van der Waals surface area contributed by atoms with Crippen LogP contribution in [0.25, 0.3) is 20.8 Å². The molecule has 1 amide bonds. The summed E-state index contributed by atoms with van der Waals surface area (Å²) in [5, 5.41) is 7.51. The lowest BCUT2D eigenvalue weighted by atomic mass is 10.2. The third-order valence-electron chi connectivity index (χ3n) is 6.49. The van der Waals surface area contributed by atoms with Gasteiger partial charge < -0.3 is 25.2 Å². The number of nitrogens with one attached hydrogen (secondary N) is 2. The SMILES string of the molecule is O=C(Nc1cnccc1N1CCNCC1)c1ccnc(-c2cc3cc(N4CCOCC4)ccc3s2)n1. The largest absolute Gasteiger partial charge is 0.378 e. The number of pyridine rings is 1. The number of carbonyl (C=O) groups excluding carboxylic acids is 1. The molecule has 0 atom stereocenters. The standard InChI is InChI=1S/C26H27N7O2S/c34-26(31-21-17-28-5-4-22(21)33-9-7-27-8-10-33)20-3-6-29-25(30-20)24-16-18-15-19(1-2-23(18)36-24)32-11-13-35-14-12-32/h1-6,15-17,27H,7-14H2,(H,31,34). The van der Waals surface area contributed by atoms with Crippen molar-refractivity contribution in [3.05, 3.63) is 60.7 Å². The van der Waals surface area contributed by atoms with Crippen LogP contribution < -0.4 is 20.4 Å². The molecule has 0 spiro atoms. The molecule has 184 valence electrons. The van der Waals surface area contributed by atoms with E-state index < -0.39 is 0 Å². The number of aromatic nitrogens is 3. The molecule has 0 saturated carbocycles. The molecule has 2 fully saturated rings. The van der Waals surface area contributed by atoms with Gasteiger partial charge in [0.15, 0.2) is 5.82 Å². The molecular formula is C26H27N7O2S. The zero-order chi connectivity index (χ0) is 24.3. The van der Waals surface area contributed by atoms with Crippen LogP contribution in [-0.4, -0.2) is 73.3 Å². The van der Waals surface area contributed by atoms with E-state index >= 15 is 0 Å². The van der Waals surface area contributed by atoms with Gasteiger partial charge in [-0.3, -0.25) is 9.78 Å². The van der Waals surface area contributed by atoms with Gasteiger partial charge in [0.1, 0.15) is 5.69 Å². The molecule has 2 aliphatic heterocycles. The van der Waals surface area contributed by atoms with Gasteiger partial charge in [0.05, 0.1) is 35.7 Å². The molecule has 0 bridgehead atoms. The number of benzene rings is 1. The Labute approximate surface area is 213 Å². The molecule has 2 aliphatic rings. The first-order valence-corrected chi connectivity index (χ1v) is 13.0. The van der Waals surface area contributed by atoms with Crippen molar-refractivity contribution in [2.45, 2.75) is 0 Å². The molecule has 3 aromatic heterocycles. The minimum atomic E-state index is -0.279. The molecule has 0 aliphatic carbocycles. The van der Waals surface area contributed by atoms with Gasteiger partial charge in [-0.15, -0.1) is 11.3 Å². The third kappa shape index (κ3) is 4.75. The summed E-state index contributed by atoms with van der Waals surface area (Å²) < 4.78 is 6.64. The van der Waals surface area contributed by atoms with Gasteiger partial charge in [-0.1, -0.05) is 0 Å². The van der Waals surface area contributed by atoms with Gasteiger partial charge in [-0.2, -0.15) is 0 Å². The summed E-state index contributed by atoms with van der Waals surface area (Å²) in [6.07, 6.45) is 5.08. The number of carbonyl (C=O) groups is 1. The minimum absolute atomic E-state index is 0.279. The van der Waals surface area contributed by atoms with Gasteiger partial charge in [0, 0.05) is 62.0 Å². The number of morpholine rings is 1. The first-order chi connectivity index (χ1) is 17.7. The Morgan fingerprint density at radius 1 is 1.00 bits per heavy atom. The van der Waals surface area contributed by atoms with Gasteiger partial charge in [-0.05, 0) is 41.8 Å². The lowest BCUT2D eigenvalue weighted by Crippen LogP contribution is -2.43. The highest BCUT2D eigenvalue weighted by Gasteiger charge is 2.18. The van der Waals surface area contributed by atoms with Gasteiger partial charge in [0.2, 0.25) is 0 Å². The van der Waals surface area contributed by atoms with E-state index in [1.54, 1.807) is 36.0 Å². The predicted octanol–water partition coefficient (Wildman–Crippen LogP) is 3.25. The fourth-order valence-corrected chi connectivity index (χ4v) is 5.60. The molecule has 0 unspecified atom stereocenters. The number of piperazine rings is 1. The molecule has 2 saturated heterocycles.